The van der Waals surface area contributed by atoms with Gasteiger partial charge in [-0.05, 0) is 25.3 Å². The van der Waals surface area contributed by atoms with Crippen molar-refractivity contribution in [2.45, 2.75) is 52.3 Å². The molecule has 0 saturated heterocycles. The maximum Gasteiger partial charge on any atom is 0.346 e. The summed E-state index contributed by atoms with van der Waals surface area (Å²) in [5.41, 5.74) is -0.0855. The van der Waals surface area contributed by atoms with Crippen molar-refractivity contribution in [3.8, 4) is 0 Å². The van der Waals surface area contributed by atoms with Crippen LogP contribution in [0.5, 0.6) is 0 Å². The Labute approximate surface area is 113 Å². The van der Waals surface area contributed by atoms with Gasteiger partial charge in [-0.15, -0.1) is 0 Å². The molecule has 1 aliphatic rings. The Balaban J connectivity index is 1.92. The molecule has 19 heavy (non-hydrogen) atoms. The largest absolute Gasteiger partial charge is 0.390 e. The van der Waals surface area contributed by atoms with Gasteiger partial charge in [0.2, 0.25) is 0 Å². The topological polar surface area (TPSA) is 72.1 Å². The summed E-state index contributed by atoms with van der Waals surface area (Å²) >= 11 is 0. The lowest BCUT2D eigenvalue weighted by Crippen LogP contribution is -2.36. The summed E-state index contributed by atoms with van der Waals surface area (Å²) in [6, 6.07) is 0. The Bertz CT molecular complexity index is 464. The second kappa shape index (κ2) is 6.34. The van der Waals surface area contributed by atoms with Crippen molar-refractivity contribution >= 4 is 0 Å². The van der Waals surface area contributed by atoms with Gasteiger partial charge in [0, 0.05) is 19.5 Å². The minimum absolute atomic E-state index is 0.0855. The molecule has 0 aromatic carbocycles. The summed E-state index contributed by atoms with van der Waals surface area (Å²) in [6.45, 7) is 6.62. The molecule has 6 nitrogen and oxygen atoms in total. The molecule has 1 aliphatic heterocycles. The highest BCUT2D eigenvalue weighted by Gasteiger charge is 2.18. The van der Waals surface area contributed by atoms with Crippen LogP contribution in [0.4, 0.5) is 0 Å². The van der Waals surface area contributed by atoms with Gasteiger partial charge in [-0.3, -0.25) is 4.57 Å². The first kappa shape index (κ1) is 14.3. The highest BCUT2D eigenvalue weighted by Crippen LogP contribution is 2.09. The molecule has 0 bridgehead atoms. The Morgan fingerprint density at radius 1 is 1.37 bits per heavy atom. The first-order chi connectivity index (χ1) is 9.08. The van der Waals surface area contributed by atoms with Crippen LogP contribution in [0, 0.1) is 5.92 Å². The molecule has 2 rings (SSSR count). The van der Waals surface area contributed by atoms with E-state index in [4.69, 9.17) is 0 Å². The molecule has 0 saturated carbocycles. The van der Waals surface area contributed by atoms with E-state index in [0.29, 0.717) is 12.5 Å². The summed E-state index contributed by atoms with van der Waals surface area (Å²) in [6.07, 6.45) is 2.42. The SMILES string of the molecule is CC(C)CNCC(O)Cn1nc2n(c1=O)CCCC2. The van der Waals surface area contributed by atoms with Gasteiger partial charge in [0.15, 0.2) is 0 Å². The Morgan fingerprint density at radius 3 is 2.84 bits per heavy atom. The number of fused-ring (bicyclic) bond motifs is 1. The lowest BCUT2D eigenvalue weighted by Gasteiger charge is -2.12. The molecular weight excluding hydrogens is 244 g/mol. The van der Waals surface area contributed by atoms with E-state index >= 15 is 0 Å². The molecule has 2 N–H and O–H groups in total. The van der Waals surface area contributed by atoms with E-state index in [1.54, 1.807) is 4.57 Å². The van der Waals surface area contributed by atoms with Gasteiger partial charge < -0.3 is 10.4 Å². The van der Waals surface area contributed by atoms with Gasteiger partial charge in [0.05, 0.1) is 12.6 Å². The lowest BCUT2D eigenvalue weighted by molar-refractivity contribution is 0.144. The van der Waals surface area contributed by atoms with Crippen molar-refractivity contribution in [1.29, 1.82) is 0 Å². The van der Waals surface area contributed by atoms with Crippen molar-refractivity contribution < 1.29 is 5.11 Å². The second-order valence-corrected chi connectivity index (χ2v) is 5.70. The van der Waals surface area contributed by atoms with Gasteiger partial charge in [0.1, 0.15) is 5.82 Å². The Morgan fingerprint density at radius 2 is 2.16 bits per heavy atom. The summed E-state index contributed by atoms with van der Waals surface area (Å²) in [7, 11) is 0. The maximum atomic E-state index is 12.1. The fourth-order valence-corrected chi connectivity index (χ4v) is 2.37. The van der Waals surface area contributed by atoms with Crippen LogP contribution < -0.4 is 11.0 Å². The van der Waals surface area contributed by atoms with Gasteiger partial charge in [-0.25, -0.2) is 9.48 Å². The fraction of sp³-hybridized carbons (Fsp3) is 0.846. The molecule has 2 heterocycles. The molecule has 0 spiro atoms. The number of aromatic nitrogens is 3. The first-order valence-corrected chi connectivity index (χ1v) is 7.13. The van der Waals surface area contributed by atoms with Crippen LogP contribution in [0.1, 0.15) is 32.5 Å². The third-order valence-electron chi connectivity index (χ3n) is 3.35. The van der Waals surface area contributed by atoms with E-state index in [1.165, 1.54) is 4.68 Å². The van der Waals surface area contributed by atoms with E-state index in [0.717, 1.165) is 38.2 Å². The molecule has 108 valence electrons. The van der Waals surface area contributed by atoms with E-state index in [-0.39, 0.29) is 12.2 Å². The van der Waals surface area contributed by atoms with Crippen LogP contribution in [0.3, 0.4) is 0 Å². The zero-order valence-corrected chi connectivity index (χ0v) is 11.8. The normalized spacial score (nSPS) is 16.6. The van der Waals surface area contributed by atoms with Crippen LogP contribution in [0.25, 0.3) is 0 Å². The van der Waals surface area contributed by atoms with Crippen molar-refractivity contribution in [3.05, 3.63) is 16.3 Å². The maximum absolute atomic E-state index is 12.1. The molecule has 1 atom stereocenters. The van der Waals surface area contributed by atoms with Crippen LogP contribution >= 0.6 is 0 Å². The molecule has 0 aliphatic carbocycles. The molecule has 1 aromatic heterocycles. The van der Waals surface area contributed by atoms with Crippen molar-refractivity contribution in [2.24, 2.45) is 5.92 Å². The van der Waals surface area contributed by atoms with E-state index in [9.17, 15) is 9.90 Å². The fourth-order valence-electron chi connectivity index (χ4n) is 2.37. The minimum atomic E-state index is -0.576. The van der Waals surface area contributed by atoms with Crippen molar-refractivity contribution in [3.63, 3.8) is 0 Å². The first-order valence-electron chi connectivity index (χ1n) is 7.13. The van der Waals surface area contributed by atoms with E-state index in [2.05, 4.69) is 24.3 Å². The highest BCUT2D eigenvalue weighted by atomic mass is 16.3. The molecule has 1 aromatic rings. The third-order valence-corrected chi connectivity index (χ3v) is 3.35. The van der Waals surface area contributed by atoms with Crippen LogP contribution in [-0.2, 0) is 19.5 Å². The van der Waals surface area contributed by atoms with Gasteiger partial charge in [-0.2, -0.15) is 5.10 Å². The third kappa shape index (κ3) is 3.67. The number of aryl methyl sites for hydroxylation is 1. The second-order valence-electron chi connectivity index (χ2n) is 5.70. The number of nitrogens with zero attached hydrogens (tertiary/aromatic N) is 3. The Kier molecular flexibility index (Phi) is 4.76. The molecule has 0 amide bonds. The molecule has 0 radical (unpaired) electrons. The number of aliphatic hydroxyl groups excluding tert-OH is 1. The van der Waals surface area contributed by atoms with Crippen molar-refractivity contribution in [1.82, 2.24) is 19.7 Å². The number of nitrogens with one attached hydrogen (secondary N) is 1. The monoisotopic (exact) mass is 268 g/mol. The number of hydrogen-bond acceptors (Lipinski definition) is 4. The molecule has 1 unspecified atom stereocenters. The summed E-state index contributed by atoms with van der Waals surface area (Å²) < 4.78 is 3.14. The molecular formula is C13H24N4O2. The van der Waals surface area contributed by atoms with Gasteiger partial charge in [-0.1, -0.05) is 13.8 Å². The number of aliphatic hydroxyl groups is 1. The van der Waals surface area contributed by atoms with Crippen molar-refractivity contribution in [2.75, 3.05) is 13.1 Å². The smallest absolute Gasteiger partial charge is 0.346 e. The van der Waals surface area contributed by atoms with Crippen LogP contribution in [0.2, 0.25) is 0 Å². The highest BCUT2D eigenvalue weighted by molar-refractivity contribution is 4.91. The number of rotatable bonds is 6. The van der Waals surface area contributed by atoms with E-state index < -0.39 is 6.10 Å². The zero-order chi connectivity index (χ0) is 13.8. The van der Waals surface area contributed by atoms with Gasteiger partial charge in [0.25, 0.3) is 0 Å². The number of hydrogen-bond donors (Lipinski definition) is 2. The summed E-state index contributed by atoms with van der Waals surface area (Å²) in [5.74, 6) is 1.41. The Hall–Kier alpha value is -1.14. The van der Waals surface area contributed by atoms with Crippen LogP contribution in [0.15, 0.2) is 4.79 Å². The average molecular weight is 268 g/mol. The van der Waals surface area contributed by atoms with Crippen LogP contribution in [-0.4, -0.2) is 38.6 Å². The summed E-state index contributed by atoms with van der Waals surface area (Å²) in [5, 5.41) is 17.4. The average Bonchev–Trinajstić information content (AvgIpc) is 2.66. The molecule has 0 fully saturated rings. The van der Waals surface area contributed by atoms with E-state index in [1.807, 2.05) is 0 Å². The standard InChI is InChI=1S/C13H24N4O2/c1-10(2)7-14-8-11(18)9-17-13(19)16-6-4-3-5-12(16)15-17/h10-11,14,18H,3-9H2,1-2H3. The summed E-state index contributed by atoms with van der Waals surface area (Å²) in [4.78, 5) is 12.1. The van der Waals surface area contributed by atoms with Gasteiger partial charge >= 0.3 is 5.69 Å². The predicted octanol–water partition coefficient (Wildman–Crippen LogP) is -0.0124. The predicted molar refractivity (Wildman–Crippen MR) is 73.1 cm³/mol. The minimum Gasteiger partial charge on any atom is -0.390 e. The molecule has 6 heteroatoms. The zero-order valence-electron chi connectivity index (χ0n) is 11.8. The quantitative estimate of drug-likeness (QED) is 0.761. The lowest BCUT2D eigenvalue weighted by atomic mass is 10.2.